The molecule has 0 fully saturated rings. The first-order chi connectivity index (χ1) is 5.84. The number of nitrogens with one attached hydrogen (secondary N) is 1. The fourth-order valence-corrected chi connectivity index (χ4v) is 1.03. The third-order valence-corrected chi connectivity index (χ3v) is 1.75. The zero-order valence-corrected chi connectivity index (χ0v) is 7.70. The summed E-state index contributed by atoms with van der Waals surface area (Å²) in [5.41, 5.74) is 0. The Morgan fingerprint density at radius 2 is 2.42 bits per heavy atom. The molecule has 1 atom stereocenters. The van der Waals surface area contributed by atoms with Gasteiger partial charge in [0.2, 0.25) is 0 Å². The molecule has 4 heteroatoms. The maximum Gasteiger partial charge on any atom is 0.137 e. The average molecular weight is 168 g/mol. The van der Waals surface area contributed by atoms with Gasteiger partial charge in [0.15, 0.2) is 0 Å². The van der Waals surface area contributed by atoms with Crippen molar-refractivity contribution in [1.82, 2.24) is 20.1 Å². The molecule has 0 amide bonds. The van der Waals surface area contributed by atoms with Crippen LogP contribution in [0.15, 0.2) is 12.7 Å². The van der Waals surface area contributed by atoms with Crippen LogP contribution < -0.4 is 5.32 Å². The molecular formula is C8H16N4. The van der Waals surface area contributed by atoms with Crippen LogP contribution in [0.25, 0.3) is 0 Å². The maximum absolute atomic E-state index is 4.06. The van der Waals surface area contributed by atoms with Crippen molar-refractivity contribution < 1.29 is 0 Å². The van der Waals surface area contributed by atoms with E-state index in [1.165, 1.54) is 6.42 Å². The molecule has 0 saturated heterocycles. The second-order valence-electron chi connectivity index (χ2n) is 2.93. The summed E-state index contributed by atoms with van der Waals surface area (Å²) >= 11 is 0. The Balaban J connectivity index is 2.25. The fraction of sp³-hybridized carbons (Fsp3) is 0.750. The predicted octanol–water partition coefficient (Wildman–Crippen LogP) is 0.839. The molecule has 4 nitrogen and oxygen atoms in total. The Morgan fingerprint density at radius 3 is 3.00 bits per heavy atom. The van der Waals surface area contributed by atoms with Crippen molar-refractivity contribution in [2.45, 2.75) is 26.3 Å². The lowest BCUT2D eigenvalue weighted by Gasteiger charge is -2.11. The smallest absolute Gasteiger partial charge is 0.137 e. The summed E-state index contributed by atoms with van der Waals surface area (Å²) in [4.78, 5) is 3.90. The first kappa shape index (κ1) is 9.19. The highest BCUT2D eigenvalue weighted by atomic mass is 15.3. The molecule has 1 aromatic heterocycles. The Morgan fingerprint density at radius 1 is 1.58 bits per heavy atom. The average Bonchev–Trinajstić information content (AvgIpc) is 2.56. The van der Waals surface area contributed by atoms with Crippen LogP contribution in [0.4, 0.5) is 0 Å². The predicted molar refractivity (Wildman–Crippen MR) is 47.9 cm³/mol. The monoisotopic (exact) mass is 168 g/mol. The highest BCUT2D eigenvalue weighted by molar-refractivity contribution is 4.66. The zero-order valence-electron chi connectivity index (χ0n) is 7.70. The summed E-state index contributed by atoms with van der Waals surface area (Å²) in [6, 6.07) is 0.388. The van der Waals surface area contributed by atoms with E-state index in [1.807, 2.05) is 4.68 Å². The summed E-state index contributed by atoms with van der Waals surface area (Å²) in [7, 11) is 0. The van der Waals surface area contributed by atoms with Crippen LogP contribution in [0.3, 0.4) is 0 Å². The summed E-state index contributed by atoms with van der Waals surface area (Å²) in [5, 5.41) is 7.39. The lowest BCUT2D eigenvalue weighted by molar-refractivity contribution is 0.453. The Labute approximate surface area is 73.0 Å². The number of rotatable bonds is 5. The summed E-state index contributed by atoms with van der Waals surface area (Å²) in [6.45, 7) is 6.31. The molecule has 1 heterocycles. The van der Waals surface area contributed by atoms with Crippen LogP contribution >= 0.6 is 0 Å². The molecule has 0 radical (unpaired) electrons. The van der Waals surface area contributed by atoms with Crippen molar-refractivity contribution in [3.05, 3.63) is 12.7 Å². The first-order valence-electron chi connectivity index (χ1n) is 4.39. The van der Waals surface area contributed by atoms with Gasteiger partial charge in [-0.2, -0.15) is 5.10 Å². The molecule has 0 spiro atoms. The molecule has 0 aromatic carbocycles. The van der Waals surface area contributed by atoms with E-state index < -0.39 is 0 Å². The van der Waals surface area contributed by atoms with E-state index in [9.17, 15) is 0 Å². The van der Waals surface area contributed by atoms with Crippen LogP contribution in [0.1, 0.15) is 26.3 Å². The van der Waals surface area contributed by atoms with Gasteiger partial charge >= 0.3 is 0 Å². The summed E-state index contributed by atoms with van der Waals surface area (Å²) in [6.07, 6.45) is 4.48. The summed E-state index contributed by atoms with van der Waals surface area (Å²) < 4.78 is 1.86. The molecule has 1 aromatic rings. The van der Waals surface area contributed by atoms with Gasteiger partial charge in [-0.05, 0) is 19.9 Å². The lowest BCUT2D eigenvalue weighted by Crippen LogP contribution is -2.24. The van der Waals surface area contributed by atoms with Crippen molar-refractivity contribution in [3.63, 3.8) is 0 Å². The van der Waals surface area contributed by atoms with Gasteiger partial charge < -0.3 is 5.32 Å². The van der Waals surface area contributed by atoms with Gasteiger partial charge in [0.1, 0.15) is 12.7 Å². The SMILES string of the molecule is CCCNCC(C)n1cncn1. The quantitative estimate of drug-likeness (QED) is 0.662. The van der Waals surface area contributed by atoms with E-state index in [1.54, 1.807) is 12.7 Å². The maximum atomic E-state index is 4.06. The first-order valence-corrected chi connectivity index (χ1v) is 4.39. The van der Waals surface area contributed by atoms with E-state index in [2.05, 4.69) is 29.2 Å². The van der Waals surface area contributed by atoms with Gasteiger partial charge in [-0.1, -0.05) is 6.92 Å². The molecule has 12 heavy (non-hydrogen) atoms. The third-order valence-electron chi connectivity index (χ3n) is 1.75. The van der Waals surface area contributed by atoms with Crippen LogP contribution in [0.2, 0.25) is 0 Å². The van der Waals surface area contributed by atoms with E-state index in [4.69, 9.17) is 0 Å². The molecule has 0 aliphatic heterocycles. The number of aromatic nitrogens is 3. The van der Waals surface area contributed by atoms with E-state index in [-0.39, 0.29) is 0 Å². The largest absolute Gasteiger partial charge is 0.315 e. The van der Waals surface area contributed by atoms with Crippen LogP contribution in [-0.2, 0) is 0 Å². The topological polar surface area (TPSA) is 42.7 Å². The molecule has 1 N–H and O–H groups in total. The molecule has 0 aliphatic carbocycles. The van der Waals surface area contributed by atoms with Gasteiger partial charge in [-0.25, -0.2) is 9.67 Å². The minimum Gasteiger partial charge on any atom is -0.315 e. The van der Waals surface area contributed by atoms with Crippen LogP contribution in [0.5, 0.6) is 0 Å². The normalized spacial score (nSPS) is 13.2. The molecule has 0 saturated carbocycles. The number of hydrogen-bond acceptors (Lipinski definition) is 3. The highest BCUT2D eigenvalue weighted by Crippen LogP contribution is 1.98. The Hall–Kier alpha value is -0.900. The highest BCUT2D eigenvalue weighted by Gasteiger charge is 2.02. The lowest BCUT2D eigenvalue weighted by atomic mass is 10.3. The van der Waals surface area contributed by atoms with Gasteiger partial charge in [0, 0.05) is 6.54 Å². The van der Waals surface area contributed by atoms with E-state index in [0.29, 0.717) is 6.04 Å². The zero-order chi connectivity index (χ0) is 8.81. The molecule has 0 bridgehead atoms. The van der Waals surface area contributed by atoms with Crippen LogP contribution in [0, 0.1) is 0 Å². The van der Waals surface area contributed by atoms with Crippen molar-refractivity contribution in [2.24, 2.45) is 0 Å². The molecule has 0 aliphatic rings. The fourth-order valence-electron chi connectivity index (χ4n) is 1.03. The molecule has 1 unspecified atom stereocenters. The third kappa shape index (κ3) is 2.62. The molecule has 1 rings (SSSR count). The second kappa shape index (κ2) is 4.87. The Kier molecular flexibility index (Phi) is 3.73. The van der Waals surface area contributed by atoms with Crippen LogP contribution in [-0.4, -0.2) is 27.9 Å². The second-order valence-corrected chi connectivity index (χ2v) is 2.93. The minimum atomic E-state index is 0.388. The van der Waals surface area contributed by atoms with Crippen molar-refractivity contribution >= 4 is 0 Å². The van der Waals surface area contributed by atoms with Gasteiger partial charge in [0.05, 0.1) is 6.04 Å². The van der Waals surface area contributed by atoms with Gasteiger partial charge in [-0.15, -0.1) is 0 Å². The van der Waals surface area contributed by atoms with E-state index in [0.717, 1.165) is 13.1 Å². The number of nitrogens with zero attached hydrogens (tertiary/aromatic N) is 3. The van der Waals surface area contributed by atoms with Crippen molar-refractivity contribution in [2.75, 3.05) is 13.1 Å². The van der Waals surface area contributed by atoms with Gasteiger partial charge in [0.25, 0.3) is 0 Å². The number of hydrogen-bond donors (Lipinski definition) is 1. The molecular weight excluding hydrogens is 152 g/mol. The van der Waals surface area contributed by atoms with Crippen molar-refractivity contribution in [3.8, 4) is 0 Å². The van der Waals surface area contributed by atoms with E-state index >= 15 is 0 Å². The summed E-state index contributed by atoms with van der Waals surface area (Å²) in [5.74, 6) is 0. The van der Waals surface area contributed by atoms with Gasteiger partial charge in [-0.3, -0.25) is 0 Å². The Bertz CT molecular complexity index is 195. The van der Waals surface area contributed by atoms with Crippen molar-refractivity contribution in [1.29, 1.82) is 0 Å². The standard InChI is InChI=1S/C8H16N4/c1-3-4-9-5-8(2)12-7-10-6-11-12/h6-9H,3-5H2,1-2H3. The minimum absolute atomic E-state index is 0.388. The molecule has 68 valence electrons.